The fourth-order valence-electron chi connectivity index (χ4n) is 3.03. The van der Waals surface area contributed by atoms with E-state index in [-0.39, 0.29) is 0 Å². The van der Waals surface area contributed by atoms with E-state index in [1.165, 1.54) is 22.0 Å². The van der Waals surface area contributed by atoms with Gasteiger partial charge in [0.25, 0.3) is 0 Å². The zero-order valence-electron chi connectivity index (χ0n) is 12.7. The van der Waals surface area contributed by atoms with Gasteiger partial charge in [-0.25, -0.2) is 0 Å². The van der Waals surface area contributed by atoms with Crippen LogP contribution in [-0.4, -0.2) is 8.32 Å². The van der Waals surface area contributed by atoms with Crippen LogP contribution in [0.15, 0.2) is 22.7 Å². The molecule has 0 radical (unpaired) electrons. The third-order valence-electron chi connectivity index (χ3n) is 3.61. The van der Waals surface area contributed by atoms with Crippen molar-refractivity contribution in [1.82, 2.24) is 0 Å². The summed E-state index contributed by atoms with van der Waals surface area (Å²) >= 11 is 3.70. The lowest BCUT2D eigenvalue weighted by atomic mass is 9.93. The quantitative estimate of drug-likeness (QED) is 0.652. The van der Waals surface area contributed by atoms with E-state index in [1.807, 2.05) is 0 Å². The second kappa shape index (κ2) is 5.70. The van der Waals surface area contributed by atoms with Crippen molar-refractivity contribution in [3.05, 3.63) is 33.8 Å². The first-order valence-corrected chi connectivity index (χ1v) is 11.4. The van der Waals surface area contributed by atoms with Gasteiger partial charge in [-0.15, -0.1) is 0 Å². The summed E-state index contributed by atoms with van der Waals surface area (Å²) in [6.45, 7) is 11.5. The van der Waals surface area contributed by atoms with Crippen molar-refractivity contribution < 1.29 is 4.43 Å². The fraction of sp³-hybridized carbons (Fsp3) is 0.625. The van der Waals surface area contributed by atoms with Crippen molar-refractivity contribution in [3.63, 3.8) is 0 Å². The van der Waals surface area contributed by atoms with Gasteiger partial charge in [0.15, 0.2) is 8.32 Å². The minimum atomic E-state index is -1.52. The van der Waals surface area contributed by atoms with Crippen LogP contribution in [0, 0.1) is 11.8 Å². The SMILES string of the molecule is CC(C)CC1Cc2c(Br)cccc2C1O[Si](C)(C)C. The van der Waals surface area contributed by atoms with Crippen molar-refractivity contribution in [2.24, 2.45) is 11.8 Å². The number of hydrogen-bond acceptors (Lipinski definition) is 1. The van der Waals surface area contributed by atoms with Gasteiger partial charge in [0.2, 0.25) is 0 Å². The van der Waals surface area contributed by atoms with E-state index >= 15 is 0 Å². The topological polar surface area (TPSA) is 9.23 Å². The normalized spacial score (nSPS) is 22.9. The molecule has 1 nitrogen and oxygen atoms in total. The van der Waals surface area contributed by atoms with Crippen molar-refractivity contribution >= 4 is 24.2 Å². The fourth-order valence-corrected chi connectivity index (χ4v) is 4.66. The Kier molecular flexibility index (Phi) is 4.58. The molecule has 19 heavy (non-hydrogen) atoms. The second-order valence-corrected chi connectivity index (χ2v) is 12.4. The Balaban J connectivity index is 2.31. The van der Waals surface area contributed by atoms with Gasteiger partial charge in [0.05, 0.1) is 6.10 Å². The highest BCUT2D eigenvalue weighted by Gasteiger charge is 2.37. The molecule has 0 heterocycles. The monoisotopic (exact) mass is 340 g/mol. The highest BCUT2D eigenvalue weighted by atomic mass is 79.9. The van der Waals surface area contributed by atoms with E-state index in [2.05, 4.69) is 67.6 Å². The summed E-state index contributed by atoms with van der Waals surface area (Å²) in [5.41, 5.74) is 2.89. The third-order valence-corrected chi connectivity index (χ3v) is 5.31. The van der Waals surface area contributed by atoms with E-state index in [0.717, 1.165) is 12.3 Å². The van der Waals surface area contributed by atoms with E-state index in [4.69, 9.17) is 4.43 Å². The molecule has 0 fully saturated rings. The molecular weight excluding hydrogens is 316 g/mol. The van der Waals surface area contributed by atoms with E-state index < -0.39 is 8.32 Å². The van der Waals surface area contributed by atoms with Crippen LogP contribution in [0.5, 0.6) is 0 Å². The van der Waals surface area contributed by atoms with Gasteiger partial charge in [-0.2, -0.15) is 0 Å². The number of benzene rings is 1. The summed E-state index contributed by atoms with van der Waals surface area (Å²) in [6, 6.07) is 6.55. The van der Waals surface area contributed by atoms with E-state index in [1.54, 1.807) is 0 Å². The second-order valence-electron chi connectivity index (χ2n) is 7.05. The molecule has 0 N–H and O–H groups in total. The van der Waals surface area contributed by atoms with Gasteiger partial charge in [0, 0.05) is 4.47 Å². The molecule has 0 aromatic heterocycles. The molecular formula is C16H25BrOSi. The number of fused-ring (bicyclic) bond motifs is 1. The van der Waals surface area contributed by atoms with Crippen LogP contribution in [-0.2, 0) is 10.8 Å². The molecule has 1 aromatic rings. The Bertz CT molecular complexity index is 451. The van der Waals surface area contributed by atoms with Crippen LogP contribution in [0.3, 0.4) is 0 Å². The average molecular weight is 341 g/mol. The van der Waals surface area contributed by atoms with E-state index in [0.29, 0.717) is 12.0 Å². The zero-order chi connectivity index (χ0) is 14.2. The summed E-state index contributed by atoms with van der Waals surface area (Å²) in [7, 11) is -1.52. The Labute approximate surface area is 127 Å². The van der Waals surface area contributed by atoms with Crippen molar-refractivity contribution in [2.45, 2.75) is 52.4 Å². The van der Waals surface area contributed by atoms with Gasteiger partial charge in [-0.3, -0.25) is 0 Å². The molecule has 0 saturated heterocycles. The first-order chi connectivity index (χ1) is 8.78. The molecule has 0 amide bonds. The van der Waals surface area contributed by atoms with Crippen LogP contribution in [0.2, 0.25) is 19.6 Å². The molecule has 3 heteroatoms. The van der Waals surface area contributed by atoms with Crippen LogP contribution in [0.25, 0.3) is 0 Å². The van der Waals surface area contributed by atoms with Crippen LogP contribution in [0.4, 0.5) is 0 Å². The highest BCUT2D eigenvalue weighted by Crippen LogP contribution is 2.45. The Morgan fingerprint density at radius 3 is 2.58 bits per heavy atom. The van der Waals surface area contributed by atoms with Crippen molar-refractivity contribution in [1.29, 1.82) is 0 Å². The third kappa shape index (κ3) is 3.70. The highest BCUT2D eigenvalue weighted by molar-refractivity contribution is 9.10. The maximum atomic E-state index is 6.51. The molecule has 0 bridgehead atoms. The molecule has 0 saturated carbocycles. The predicted molar refractivity (Wildman–Crippen MR) is 88.0 cm³/mol. The lowest BCUT2D eigenvalue weighted by Gasteiger charge is -2.29. The molecule has 2 unspecified atom stereocenters. The maximum Gasteiger partial charge on any atom is 0.184 e. The Morgan fingerprint density at radius 2 is 2.00 bits per heavy atom. The first-order valence-electron chi connectivity index (χ1n) is 7.23. The van der Waals surface area contributed by atoms with Crippen LogP contribution in [0.1, 0.15) is 37.5 Å². The maximum absolute atomic E-state index is 6.51. The molecule has 0 spiro atoms. The number of rotatable bonds is 4. The number of halogens is 1. The predicted octanol–water partition coefficient (Wildman–Crippen LogP) is 5.56. The van der Waals surface area contributed by atoms with Crippen molar-refractivity contribution in [2.75, 3.05) is 0 Å². The molecule has 1 aliphatic rings. The number of hydrogen-bond donors (Lipinski definition) is 0. The van der Waals surface area contributed by atoms with Crippen molar-refractivity contribution in [3.8, 4) is 0 Å². The minimum absolute atomic E-state index is 0.307. The summed E-state index contributed by atoms with van der Waals surface area (Å²) in [5, 5.41) is 0. The van der Waals surface area contributed by atoms with Gasteiger partial charge >= 0.3 is 0 Å². The van der Waals surface area contributed by atoms with E-state index in [9.17, 15) is 0 Å². The molecule has 2 rings (SSSR count). The average Bonchev–Trinajstić information content (AvgIpc) is 2.56. The smallest absolute Gasteiger partial charge is 0.184 e. The summed E-state index contributed by atoms with van der Waals surface area (Å²) in [6.07, 6.45) is 2.71. The van der Waals surface area contributed by atoms with Crippen LogP contribution >= 0.6 is 15.9 Å². The first kappa shape index (κ1) is 15.3. The largest absolute Gasteiger partial charge is 0.410 e. The summed E-state index contributed by atoms with van der Waals surface area (Å²) in [5.74, 6) is 1.37. The lowest BCUT2D eigenvalue weighted by molar-refractivity contribution is 0.128. The van der Waals surface area contributed by atoms with Gasteiger partial charge in [-0.1, -0.05) is 41.9 Å². The van der Waals surface area contributed by atoms with Gasteiger partial charge in [0.1, 0.15) is 0 Å². The Hall–Kier alpha value is -0.123. The van der Waals surface area contributed by atoms with Gasteiger partial charge in [-0.05, 0) is 61.5 Å². The lowest BCUT2D eigenvalue weighted by Crippen LogP contribution is -2.30. The minimum Gasteiger partial charge on any atom is -0.410 e. The summed E-state index contributed by atoms with van der Waals surface area (Å²) in [4.78, 5) is 0. The molecule has 0 aliphatic heterocycles. The zero-order valence-corrected chi connectivity index (χ0v) is 15.3. The van der Waals surface area contributed by atoms with Crippen LogP contribution < -0.4 is 0 Å². The van der Waals surface area contributed by atoms with Gasteiger partial charge < -0.3 is 4.43 Å². The molecule has 1 aliphatic carbocycles. The molecule has 1 aromatic carbocycles. The summed E-state index contributed by atoms with van der Waals surface area (Å²) < 4.78 is 7.76. The Morgan fingerprint density at radius 1 is 1.32 bits per heavy atom. The molecule has 106 valence electrons. The standard InChI is InChI=1S/C16H25BrOSi/c1-11(2)9-12-10-14-13(7-6-8-15(14)17)16(12)18-19(3,4)5/h6-8,11-12,16H,9-10H2,1-5H3. The molecule has 2 atom stereocenters.